The second-order valence-electron chi connectivity index (χ2n) is 6.16. The number of halogens is 2. The number of nitrogens with zero attached hydrogens (tertiary/aromatic N) is 1. The van der Waals surface area contributed by atoms with Gasteiger partial charge in [-0.15, -0.1) is 0 Å². The Hall–Kier alpha value is -3.74. The van der Waals surface area contributed by atoms with Crippen LogP contribution in [0.3, 0.4) is 0 Å². The molecule has 3 aromatic rings. The van der Waals surface area contributed by atoms with Gasteiger partial charge in [-0.2, -0.15) is 0 Å². The molecule has 0 aliphatic rings. The zero-order chi connectivity index (χ0) is 20.8. The van der Waals surface area contributed by atoms with E-state index < -0.39 is 30.0 Å². The molecule has 0 bridgehead atoms. The third-order valence-corrected chi connectivity index (χ3v) is 4.01. The Labute approximate surface area is 166 Å². The molecule has 3 aromatic carbocycles. The van der Waals surface area contributed by atoms with Crippen LogP contribution in [0, 0.1) is 11.6 Å². The third-order valence-electron chi connectivity index (χ3n) is 4.01. The summed E-state index contributed by atoms with van der Waals surface area (Å²) in [5.41, 5.74) is 0.215. The fourth-order valence-electron chi connectivity index (χ4n) is 2.67. The molecule has 148 valence electrons. The normalized spacial score (nSPS) is 10.3. The maximum absolute atomic E-state index is 14.1. The quantitative estimate of drug-likeness (QED) is 0.654. The van der Waals surface area contributed by atoms with Gasteiger partial charge >= 0.3 is 0 Å². The van der Waals surface area contributed by atoms with Crippen molar-refractivity contribution in [2.24, 2.45) is 0 Å². The van der Waals surface area contributed by atoms with E-state index in [-0.39, 0.29) is 5.69 Å². The van der Waals surface area contributed by atoms with Crippen molar-refractivity contribution < 1.29 is 23.1 Å². The molecule has 0 aliphatic carbocycles. The number of carbonyl (C=O) groups excluding carboxylic acids is 2. The second kappa shape index (κ2) is 8.97. The summed E-state index contributed by atoms with van der Waals surface area (Å²) < 4.78 is 33.0. The predicted octanol–water partition coefficient (Wildman–Crippen LogP) is 4.75. The van der Waals surface area contributed by atoms with Crippen molar-refractivity contribution >= 4 is 23.2 Å². The molecule has 0 fully saturated rings. The smallest absolute Gasteiger partial charge is 0.244 e. The van der Waals surface area contributed by atoms with Crippen molar-refractivity contribution in [3.63, 3.8) is 0 Å². The first-order valence-corrected chi connectivity index (χ1v) is 8.79. The molecule has 0 saturated heterocycles. The molecule has 7 heteroatoms. The van der Waals surface area contributed by atoms with E-state index in [0.717, 1.165) is 17.0 Å². The number of hydrogen-bond acceptors (Lipinski definition) is 3. The highest BCUT2D eigenvalue weighted by Crippen LogP contribution is 2.29. The van der Waals surface area contributed by atoms with Crippen molar-refractivity contribution in [2.45, 2.75) is 6.92 Å². The Bertz CT molecular complexity index is 1030. The summed E-state index contributed by atoms with van der Waals surface area (Å²) in [5, 5.41) is 2.66. The molecule has 2 amide bonds. The molecule has 0 aliphatic heterocycles. The summed E-state index contributed by atoms with van der Waals surface area (Å²) in [6, 6.07) is 18.6. The van der Waals surface area contributed by atoms with Crippen LogP contribution in [-0.4, -0.2) is 18.4 Å². The van der Waals surface area contributed by atoms with Crippen molar-refractivity contribution in [2.75, 3.05) is 16.8 Å². The molecule has 0 saturated carbocycles. The van der Waals surface area contributed by atoms with Crippen LogP contribution in [0.1, 0.15) is 6.92 Å². The van der Waals surface area contributed by atoms with Gasteiger partial charge in [0.1, 0.15) is 23.9 Å². The Morgan fingerprint density at radius 3 is 2.34 bits per heavy atom. The number of nitrogens with one attached hydrogen (secondary N) is 1. The average Bonchev–Trinajstić information content (AvgIpc) is 2.69. The minimum Gasteiger partial charge on any atom is -0.455 e. The average molecular weight is 396 g/mol. The minimum absolute atomic E-state index is 0.178. The lowest BCUT2D eigenvalue weighted by Gasteiger charge is -2.21. The predicted molar refractivity (Wildman–Crippen MR) is 106 cm³/mol. The molecule has 1 N–H and O–H groups in total. The van der Waals surface area contributed by atoms with Crippen LogP contribution >= 0.6 is 0 Å². The summed E-state index contributed by atoms with van der Waals surface area (Å²) >= 11 is 0. The van der Waals surface area contributed by atoms with Gasteiger partial charge in [0, 0.05) is 13.0 Å². The highest BCUT2D eigenvalue weighted by Gasteiger charge is 2.20. The van der Waals surface area contributed by atoms with E-state index >= 15 is 0 Å². The Balaban J connectivity index is 1.76. The first-order chi connectivity index (χ1) is 13.9. The number of benzene rings is 3. The molecular weight excluding hydrogens is 378 g/mol. The lowest BCUT2D eigenvalue weighted by molar-refractivity contribution is -0.120. The van der Waals surface area contributed by atoms with Crippen LogP contribution in [0.4, 0.5) is 20.2 Å². The van der Waals surface area contributed by atoms with Crippen molar-refractivity contribution in [1.82, 2.24) is 0 Å². The number of para-hydroxylation sites is 3. The van der Waals surface area contributed by atoms with Gasteiger partial charge in [-0.3, -0.25) is 9.59 Å². The summed E-state index contributed by atoms with van der Waals surface area (Å²) in [4.78, 5) is 25.4. The Morgan fingerprint density at radius 2 is 1.66 bits per heavy atom. The van der Waals surface area contributed by atoms with E-state index in [2.05, 4.69) is 5.32 Å². The molecule has 3 rings (SSSR count). The van der Waals surface area contributed by atoms with Gasteiger partial charge in [0.15, 0.2) is 5.75 Å². The van der Waals surface area contributed by atoms with Crippen LogP contribution in [-0.2, 0) is 9.59 Å². The number of anilines is 2. The molecule has 0 aromatic heterocycles. The van der Waals surface area contributed by atoms with Crippen molar-refractivity contribution in [3.05, 3.63) is 84.4 Å². The number of amides is 2. The van der Waals surface area contributed by atoms with Crippen LogP contribution in [0.15, 0.2) is 72.8 Å². The molecule has 0 atom stereocenters. The van der Waals surface area contributed by atoms with E-state index in [4.69, 9.17) is 4.74 Å². The third kappa shape index (κ3) is 5.16. The van der Waals surface area contributed by atoms with E-state index in [0.29, 0.717) is 23.3 Å². The second-order valence-corrected chi connectivity index (χ2v) is 6.16. The molecule has 5 nitrogen and oxygen atoms in total. The summed E-state index contributed by atoms with van der Waals surface area (Å²) in [5.74, 6) is -1.82. The molecule has 0 radical (unpaired) electrons. The van der Waals surface area contributed by atoms with Gasteiger partial charge in [-0.25, -0.2) is 8.78 Å². The SMILES string of the molecule is CC(=O)N(CC(=O)Nc1ccccc1Oc1ccccc1)c1ccc(F)cc1F. The lowest BCUT2D eigenvalue weighted by atomic mass is 10.2. The molecular formula is C22H18F2N2O3. The van der Waals surface area contributed by atoms with E-state index in [1.165, 1.54) is 6.92 Å². The van der Waals surface area contributed by atoms with Gasteiger partial charge in [-0.1, -0.05) is 30.3 Å². The summed E-state index contributed by atoms with van der Waals surface area (Å²) in [7, 11) is 0. The Morgan fingerprint density at radius 1 is 0.966 bits per heavy atom. The minimum atomic E-state index is -0.930. The lowest BCUT2D eigenvalue weighted by Crippen LogP contribution is -2.37. The maximum atomic E-state index is 14.1. The summed E-state index contributed by atoms with van der Waals surface area (Å²) in [6.07, 6.45) is 0. The van der Waals surface area contributed by atoms with Crippen LogP contribution in [0.25, 0.3) is 0 Å². The van der Waals surface area contributed by atoms with E-state index in [1.54, 1.807) is 36.4 Å². The highest BCUT2D eigenvalue weighted by atomic mass is 19.1. The van der Waals surface area contributed by atoms with E-state index in [9.17, 15) is 18.4 Å². The van der Waals surface area contributed by atoms with Gasteiger partial charge in [0.05, 0.1) is 11.4 Å². The van der Waals surface area contributed by atoms with Gasteiger partial charge in [0.25, 0.3) is 0 Å². The highest BCUT2D eigenvalue weighted by molar-refractivity contribution is 6.02. The first kappa shape index (κ1) is 20.0. The van der Waals surface area contributed by atoms with E-state index in [1.807, 2.05) is 18.2 Å². The molecule has 0 unspecified atom stereocenters. The van der Waals surface area contributed by atoms with Gasteiger partial charge in [0.2, 0.25) is 11.8 Å². The first-order valence-electron chi connectivity index (χ1n) is 8.79. The summed E-state index contributed by atoms with van der Waals surface area (Å²) in [6.45, 7) is 0.750. The van der Waals surface area contributed by atoms with Crippen LogP contribution in [0.2, 0.25) is 0 Å². The molecule has 0 spiro atoms. The van der Waals surface area contributed by atoms with Gasteiger partial charge < -0.3 is 15.0 Å². The number of carbonyl (C=O) groups is 2. The largest absolute Gasteiger partial charge is 0.455 e. The number of hydrogen-bond donors (Lipinski definition) is 1. The molecule has 0 heterocycles. The molecule has 29 heavy (non-hydrogen) atoms. The number of rotatable bonds is 6. The Kier molecular flexibility index (Phi) is 6.19. The number of ether oxygens (including phenoxy) is 1. The maximum Gasteiger partial charge on any atom is 0.244 e. The van der Waals surface area contributed by atoms with Crippen LogP contribution < -0.4 is 15.0 Å². The monoisotopic (exact) mass is 396 g/mol. The fourth-order valence-corrected chi connectivity index (χ4v) is 2.67. The fraction of sp³-hybridized carbons (Fsp3) is 0.0909. The van der Waals surface area contributed by atoms with Crippen molar-refractivity contribution in [1.29, 1.82) is 0 Å². The zero-order valence-electron chi connectivity index (χ0n) is 15.6. The standard InChI is InChI=1S/C22H18F2N2O3/c1-15(27)26(20-12-11-16(23)13-18(20)24)14-22(28)25-19-9-5-6-10-21(19)29-17-7-3-2-4-8-17/h2-13H,14H2,1H3,(H,25,28). The van der Waals surface area contributed by atoms with Crippen LogP contribution in [0.5, 0.6) is 11.5 Å². The topological polar surface area (TPSA) is 58.6 Å². The van der Waals surface area contributed by atoms with Gasteiger partial charge in [-0.05, 0) is 36.4 Å². The van der Waals surface area contributed by atoms with Crippen molar-refractivity contribution in [3.8, 4) is 11.5 Å². The zero-order valence-corrected chi connectivity index (χ0v) is 15.6.